The van der Waals surface area contributed by atoms with Gasteiger partial charge < -0.3 is 11.1 Å². The topological polar surface area (TPSA) is 72.2 Å². The number of amides is 2. The lowest BCUT2D eigenvalue weighted by Gasteiger charge is -2.18. The molecule has 1 heterocycles. The van der Waals surface area contributed by atoms with Gasteiger partial charge in [0, 0.05) is 10.4 Å². The molecule has 1 unspecified atom stereocenters. The third kappa shape index (κ3) is 3.01. The van der Waals surface area contributed by atoms with Crippen LogP contribution in [0, 0.1) is 12.8 Å². The molecule has 23 heavy (non-hydrogen) atoms. The monoisotopic (exact) mass is 328 g/mol. The Bertz CT molecular complexity index is 779. The Balaban J connectivity index is 1.96. The van der Waals surface area contributed by atoms with Crippen molar-refractivity contribution >= 4 is 28.2 Å². The van der Waals surface area contributed by atoms with Gasteiger partial charge in [-0.1, -0.05) is 25.1 Å². The average molecular weight is 328 g/mol. The van der Waals surface area contributed by atoms with E-state index in [1.807, 2.05) is 25.1 Å². The lowest BCUT2D eigenvalue weighted by Crippen LogP contribution is -2.19. The highest BCUT2D eigenvalue weighted by Crippen LogP contribution is 2.39. The van der Waals surface area contributed by atoms with Gasteiger partial charge in [0.2, 0.25) is 0 Å². The van der Waals surface area contributed by atoms with Gasteiger partial charge in [0.25, 0.3) is 11.8 Å². The maximum absolute atomic E-state index is 12.5. The lowest BCUT2D eigenvalue weighted by atomic mass is 9.88. The molecule has 2 amide bonds. The van der Waals surface area contributed by atoms with Crippen LogP contribution in [0.4, 0.5) is 5.00 Å². The number of carbonyl (C=O) groups is 2. The molecule has 3 rings (SSSR count). The highest BCUT2D eigenvalue weighted by atomic mass is 32.1. The van der Waals surface area contributed by atoms with E-state index >= 15 is 0 Å². The number of hydrogen-bond acceptors (Lipinski definition) is 3. The van der Waals surface area contributed by atoms with E-state index < -0.39 is 5.91 Å². The van der Waals surface area contributed by atoms with Crippen LogP contribution >= 0.6 is 11.3 Å². The lowest BCUT2D eigenvalue weighted by molar-refractivity contribution is 0.1000. The van der Waals surface area contributed by atoms with E-state index in [-0.39, 0.29) is 5.91 Å². The number of rotatable bonds is 3. The van der Waals surface area contributed by atoms with Crippen LogP contribution in [0.2, 0.25) is 0 Å². The first-order valence-electron chi connectivity index (χ1n) is 7.78. The molecule has 0 spiro atoms. The van der Waals surface area contributed by atoms with Crippen LogP contribution in [-0.4, -0.2) is 11.8 Å². The maximum Gasteiger partial charge on any atom is 0.256 e. The Morgan fingerprint density at radius 2 is 2.04 bits per heavy atom. The Kier molecular flexibility index (Phi) is 4.22. The third-order valence-electron chi connectivity index (χ3n) is 4.37. The molecule has 1 aromatic carbocycles. The van der Waals surface area contributed by atoms with Crippen LogP contribution in [-0.2, 0) is 12.8 Å². The number of anilines is 1. The molecule has 1 aliphatic carbocycles. The first kappa shape index (κ1) is 15.7. The maximum atomic E-state index is 12.5. The minimum Gasteiger partial charge on any atom is -0.365 e. The van der Waals surface area contributed by atoms with Gasteiger partial charge in [0.1, 0.15) is 5.00 Å². The Morgan fingerprint density at radius 3 is 2.74 bits per heavy atom. The van der Waals surface area contributed by atoms with Crippen LogP contribution < -0.4 is 11.1 Å². The highest BCUT2D eigenvalue weighted by Gasteiger charge is 2.27. The van der Waals surface area contributed by atoms with E-state index in [2.05, 4.69) is 12.2 Å². The number of nitrogens with two attached hydrogens (primary N) is 1. The molecule has 2 aromatic rings. The molecule has 3 N–H and O–H groups in total. The number of thiophene rings is 1. The van der Waals surface area contributed by atoms with E-state index in [4.69, 9.17) is 5.73 Å². The molecular formula is C18H20N2O2S. The van der Waals surface area contributed by atoms with Gasteiger partial charge in [-0.3, -0.25) is 9.59 Å². The second kappa shape index (κ2) is 6.16. The number of hydrogen-bond donors (Lipinski definition) is 2. The predicted octanol–water partition coefficient (Wildman–Crippen LogP) is 3.53. The molecular weight excluding hydrogens is 308 g/mol. The van der Waals surface area contributed by atoms with Crippen molar-refractivity contribution in [2.24, 2.45) is 11.7 Å². The van der Waals surface area contributed by atoms with Crippen molar-refractivity contribution in [3.63, 3.8) is 0 Å². The zero-order chi connectivity index (χ0) is 16.6. The van der Waals surface area contributed by atoms with Crippen molar-refractivity contribution < 1.29 is 9.59 Å². The molecule has 0 fully saturated rings. The number of carbonyl (C=O) groups excluding carboxylic acids is 2. The SMILES string of the molecule is Cc1ccccc1C(=O)Nc1sc2c(c1C(N)=O)CCC(C)C2. The largest absolute Gasteiger partial charge is 0.365 e. The van der Waals surface area contributed by atoms with E-state index in [1.165, 1.54) is 16.2 Å². The zero-order valence-electron chi connectivity index (χ0n) is 13.3. The van der Waals surface area contributed by atoms with Crippen molar-refractivity contribution in [2.75, 3.05) is 5.32 Å². The van der Waals surface area contributed by atoms with E-state index in [0.29, 0.717) is 22.0 Å². The first-order valence-corrected chi connectivity index (χ1v) is 8.60. The normalized spacial score (nSPS) is 16.7. The molecule has 1 aromatic heterocycles. The van der Waals surface area contributed by atoms with Crippen molar-refractivity contribution in [1.29, 1.82) is 0 Å². The molecule has 0 aliphatic heterocycles. The minimum atomic E-state index is -0.461. The summed E-state index contributed by atoms with van der Waals surface area (Å²) in [7, 11) is 0. The molecule has 1 atom stereocenters. The summed E-state index contributed by atoms with van der Waals surface area (Å²) in [4.78, 5) is 25.6. The van der Waals surface area contributed by atoms with Crippen LogP contribution in [0.1, 0.15) is 50.1 Å². The van der Waals surface area contributed by atoms with Crippen LogP contribution in [0.15, 0.2) is 24.3 Å². The molecule has 0 bridgehead atoms. The Morgan fingerprint density at radius 1 is 1.30 bits per heavy atom. The van der Waals surface area contributed by atoms with Gasteiger partial charge in [-0.05, 0) is 49.3 Å². The van der Waals surface area contributed by atoms with Crippen LogP contribution in [0.5, 0.6) is 0 Å². The number of fused-ring (bicyclic) bond motifs is 1. The van der Waals surface area contributed by atoms with Gasteiger partial charge in [-0.2, -0.15) is 0 Å². The van der Waals surface area contributed by atoms with Gasteiger partial charge >= 0.3 is 0 Å². The minimum absolute atomic E-state index is 0.197. The summed E-state index contributed by atoms with van der Waals surface area (Å²) in [5, 5.41) is 3.49. The molecule has 0 saturated heterocycles. The Hall–Kier alpha value is -2.14. The van der Waals surface area contributed by atoms with Crippen LogP contribution in [0.25, 0.3) is 0 Å². The summed E-state index contributed by atoms with van der Waals surface area (Å²) in [5.41, 5.74) is 8.62. The van der Waals surface area contributed by atoms with Crippen molar-refractivity contribution in [1.82, 2.24) is 0 Å². The van der Waals surface area contributed by atoms with E-state index in [1.54, 1.807) is 6.07 Å². The smallest absolute Gasteiger partial charge is 0.256 e. The third-order valence-corrected chi connectivity index (χ3v) is 5.54. The summed E-state index contributed by atoms with van der Waals surface area (Å²) >= 11 is 1.49. The van der Waals surface area contributed by atoms with Gasteiger partial charge in [0.05, 0.1) is 5.56 Å². The number of aryl methyl sites for hydroxylation is 1. The summed E-state index contributed by atoms with van der Waals surface area (Å²) in [6.45, 7) is 4.10. The molecule has 1 aliphatic rings. The van der Waals surface area contributed by atoms with Crippen molar-refractivity contribution in [3.05, 3.63) is 51.4 Å². The molecule has 5 heteroatoms. The van der Waals surface area contributed by atoms with Gasteiger partial charge in [-0.25, -0.2) is 0 Å². The summed E-state index contributed by atoms with van der Waals surface area (Å²) in [6, 6.07) is 7.40. The van der Waals surface area contributed by atoms with Crippen LogP contribution in [0.3, 0.4) is 0 Å². The quantitative estimate of drug-likeness (QED) is 0.904. The van der Waals surface area contributed by atoms with Crippen molar-refractivity contribution in [3.8, 4) is 0 Å². The number of nitrogens with one attached hydrogen (secondary N) is 1. The summed E-state index contributed by atoms with van der Waals surface area (Å²) in [5.74, 6) is -0.0591. The summed E-state index contributed by atoms with van der Waals surface area (Å²) < 4.78 is 0. The highest BCUT2D eigenvalue weighted by molar-refractivity contribution is 7.17. The first-order chi connectivity index (χ1) is 11.0. The fourth-order valence-electron chi connectivity index (χ4n) is 3.10. The molecule has 0 saturated carbocycles. The van der Waals surface area contributed by atoms with E-state index in [9.17, 15) is 9.59 Å². The van der Waals surface area contributed by atoms with Gasteiger partial charge in [-0.15, -0.1) is 11.3 Å². The second-order valence-electron chi connectivity index (χ2n) is 6.19. The Labute approximate surface area is 139 Å². The molecule has 120 valence electrons. The fourth-order valence-corrected chi connectivity index (χ4v) is 4.51. The van der Waals surface area contributed by atoms with Crippen molar-refractivity contribution in [2.45, 2.75) is 33.1 Å². The standard InChI is InChI=1S/C18H20N2O2S/c1-10-7-8-13-14(9-10)23-18(15(13)16(19)21)20-17(22)12-6-4-3-5-11(12)2/h3-6,10H,7-9H2,1-2H3,(H2,19,21)(H,20,22). The second-order valence-corrected chi connectivity index (χ2v) is 7.29. The fraction of sp³-hybridized carbons (Fsp3) is 0.333. The van der Waals surface area contributed by atoms with Gasteiger partial charge in [0.15, 0.2) is 0 Å². The summed E-state index contributed by atoms with van der Waals surface area (Å²) in [6.07, 6.45) is 2.85. The predicted molar refractivity (Wildman–Crippen MR) is 93.2 cm³/mol. The van der Waals surface area contributed by atoms with E-state index in [0.717, 1.165) is 30.4 Å². The molecule has 4 nitrogen and oxygen atoms in total. The number of primary amides is 1. The zero-order valence-corrected chi connectivity index (χ0v) is 14.1. The molecule has 0 radical (unpaired) electrons. The average Bonchev–Trinajstić information content (AvgIpc) is 2.84. The number of benzene rings is 1.